The molecule has 0 saturated carbocycles. The van der Waals surface area contributed by atoms with Crippen LogP contribution in [0.4, 0.5) is 4.79 Å². The van der Waals surface area contributed by atoms with Crippen molar-refractivity contribution >= 4 is 15.9 Å². The first-order chi connectivity index (χ1) is 12.4. The molecule has 2 rings (SSSR count). The van der Waals surface area contributed by atoms with E-state index in [1.54, 1.807) is 22.8 Å². The van der Waals surface area contributed by atoms with Crippen molar-refractivity contribution in [1.82, 2.24) is 9.80 Å². The van der Waals surface area contributed by atoms with Crippen molar-refractivity contribution in [3.8, 4) is 11.8 Å². The molecule has 1 aromatic rings. The summed E-state index contributed by atoms with van der Waals surface area (Å²) in [5, 5.41) is 9.33. The largest absolute Gasteiger partial charge is 0.497 e. The highest BCUT2D eigenvalue weighted by molar-refractivity contribution is 7.95. The lowest BCUT2D eigenvalue weighted by molar-refractivity contribution is 0.0890. The van der Waals surface area contributed by atoms with Crippen LogP contribution in [-0.4, -0.2) is 64.2 Å². The van der Waals surface area contributed by atoms with Gasteiger partial charge in [0.15, 0.2) is 4.91 Å². The third kappa shape index (κ3) is 4.46. The van der Waals surface area contributed by atoms with Gasteiger partial charge in [-0.15, -0.1) is 0 Å². The van der Waals surface area contributed by atoms with Crippen molar-refractivity contribution in [2.75, 3.05) is 39.9 Å². The first kappa shape index (κ1) is 19.6. The molecular weight excluding hydrogens is 358 g/mol. The van der Waals surface area contributed by atoms with Gasteiger partial charge in [0.25, 0.3) is 0 Å². The molecule has 0 aromatic heterocycles. The molecule has 1 heterocycles. The maximum atomic E-state index is 12.7. The van der Waals surface area contributed by atoms with Crippen LogP contribution >= 0.6 is 0 Å². The molecule has 0 N–H and O–H groups in total. The van der Waals surface area contributed by atoms with Crippen LogP contribution in [-0.2, 0) is 14.6 Å². The number of allylic oxidation sites excluding steroid dienone is 1. The Bertz CT molecular complexity index is 804. The summed E-state index contributed by atoms with van der Waals surface area (Å²) in [5.74, 6) is 0.529. The van der Waals surface area contributed by atoms with Crippen molar-refractivity contribution < 1.29 is 22.7 Å². The number of methoxy groups -OCH3 is 1. The number of ether oxygens (including phenoxy) is 2. The molecule has 1 aromatic carbocycles. The van der Waals surface area contributed by atoms with Crippen LogP contribution in [0, 0.1) is 11.3 Å². The zero-order chi connectivity index (χ0) is 19.2. The van der Waals surface area contributed by atoms with E-state index in [0.29, 0.717) is 38.5 Å². The molecule has 26 heavy (non-hydrogen) atoms. The second-order valence-corrected chi connectivity index (χ2v) is 7.42. The number of nitriles is 1. The van der Waals surface area contributed by atoms with Crippen molar-refractivity contribution in [2.45, 2.75) is 11.8 Å². The summed E-state index contributed by atoms with van der Waals surface area (Å²) in [6.07, 6.45) is 0.949. The number of rotatable bonds is 5. The fraction of sp³-hybridized carbons (Fsp3) is 0.412. The summed E-state index contributed by atoms with van der Waals surface area (Å²) in [7, 11) is -2.43. The summed E-state index contributed by atoms with van der Waals surface area (Å²) >= 11 is 0. The molecule has 8 nitrogen and oxygen atoms in total. The van der Waals surface area contributed by atoms with Crippen LogP contribution in [0.3, 0.4) is 0 Å². The summed E-state index contributed by atoms with van der Waals surface area (Å²) in [6, 6.07) is 7.62. The van der Waals surface area contributed by atoms with Gasteiger partial charge in [-0.05, 0) is 31.2 Å². The Kier molecular flexibility index (Phi) is 6.46. The molecule has 0 spiro atoms. The van der Waals surface area contributed by atoms with Crippen LogP contribution in [0.15, 0.2) is 40.3 Å². The van der Waals surface area contributed by atoms with Crippen LogP contribution in [0.1, 0.15) is 6.92 Å². The molecule has 0 bridgehead atoms. The zero-order valence-electron chi connectivity index (χ0n) is 14.7. The molecule has 1 fully saturated rings. The number of carbonyl (C=O) groups is 1. The molecule has 1 aliphatic heterocycles. The van der Waals surface area contributed by atoms with E-state index in [1.807, 2.05) is 0 Å². The molecule has 0 radical (unpaired) electrons. The first-order valence-electron chi connectivity index (χ1n) is 8.09. The molecule has 0 atom stereocenters. The van der Waals surface area contributed by atoms with Gasteiger partial charge in [0.05, 0.1) is 18.6 Å². The van der Waals surface area contributed by atoms with Gasteiger partial charge in [-0.1, -0.05) is 0 Å². The third-order valence-electron chi connectivity index (χ3n) is 3.91. The lowest BCUT2D eigenvalue weighted by atomic mass is 10.3. The Hall–Kier alpha value is -2.73. The second-order valence-electron chi connectivity index (χ2n) is 5.51. The van der Waals surface area contributed by atoms with Crippen molar-refractivity contribution in [3.05, 3.63) is 35.4 Å². The number of piperazine rings is 1. The highest BCUT2D eigenvalue weighted by Crippen LogP contribution is 2.22. The van der Waals surface area contributed by atoms with Crippen molar-refractivity contribution in [3.63, 3.8) is 0 Å². The molecular formula is C17H21N3O5S. The van der Waals surface area contributed by atoms with E-state index in [2.05, 4.69) is 0 Å². The molecule has 1 amide bonds. The number of carbonyl (C=O) groups excluding carboxylic acids is 1. The number of sulfone groups is 1. The predicted octanol–water partition coefficient (Wildman–Crippen LogP) is 1.61. The molecule has 140 valence electrons. The van der Waals surface area contributed by atoms with E-state index in [0.717, 1.165) is 0 Å². The highest BCUT2D eigenvalue weighted by atomic mass is 32.2. The number of benzene rings is 1. The number of hydrogen-bond acceptors (Lipinski definition) is 7. The lowest BCUT2D eigenvalue weighted by Gasteiger charge is -2.33. The highest BCUT2D eigenvalue weighted by Gasteiger charge is 2.25. The number of hydrogen-bond donors (Lipinski definition) is 0. The normalized spacial score (nSPS) is 15.3. The average Bonchev–Trinajstić information content (AvgIpc) is 2.66. The molecule has 0 unspecified atom stereocenters. The predicted molar refractivity (Wildman–Crippen MR) is 94.0 cm³/mol. The van der Waals surface area contributed by atoms with Gasteiger partial charge in [0.1, 0.15) is 11.8 Å². The number of amides is 1. The van der Waals surface area contributed by atoms with Crippen LogP contribution in [0.25, 0.3) is 0 Å². The van der Waals surface area contributed by atoms with Gasteiger partial charge in [-0.25, -0.2) is 13.2 Å². The maximum Gasteiger partial charge on any atom is 0.409 e. The van der Waals surface area contributed by atoms with Gasteiger partial charge in [-0.3, -0.25) is 0 Å². The third-order valence-corrected chi connectivity index (χ3v) is 5.58. The van der Waals surface area contributed by atoms with Crippen LogP contribution in [0.5, 0.6) is 5.75 Å². The minimum atomic E-state index is -3.92. The van der Waals surface area contributed by atoms with E-state index in [-0.39, 0.29) is 15.9 Å². The quantitative estimate of drug-likeness (QED) is 0.717. The van der Waals surface area contributed by atoms with E-state index in [4.69, 9.17) is 9.47 Å². The fourth-order valence-electron chi connectivity index (χ4n) is 2.45. The summed E-state index contributed by atoms with van der Waals surface area (Å²) < 4.78 is 35.3. The maximum absolute atomic E-state index is 12.7. The molecule has 9 heteroatoms. The minimum Gasteiger partial charge on any atom is -0.497 e. The van der Waals surface area contributed by atoms with Crippen LogP contribution < -0.4 is 4.74 Å². The lowest BCUT2D eigenvalue weighted by Crippen LogP contribution is -2.47. The summed E-state index contributed by atoms with van der Waals surface area (Å²) in [5.41, 5.74) is 0. The average molecular weight is 379 g/mol. The monoisotopic (exact) mass is 379 g/mol. The summed E-state index contributed by atoms with van der Waals surface area (Å²) in [6.45, 7) is 3.68. The van der Waals surface area contributed by atoms with Gasteiger partial charge in [0, 0.05) is 32.4 Å². The Labute approximate surface area is 153 Å². The molecule has 1 aliphatic rings. The topological polar surface area (TPSA) is 99.9 Å². The van der Waals surface area contributed by atoms with Crippen molar-refractivity contribution in [2.24, 2.45) is 0 Å². The molecule has 0 aliphatic carbocycles. The Morgan fingerprint density at radius 3 is 2.35 bits per heavy atom. The van der Waals surface area contributed by atoms with Gasteiger partial charge >= 0.3 is 6.09 Å². The fourth-order valence-corrected chi connectivity index (χ4v) is 3.61. The summed E-state index contributed by atoms with van der Waals surface area (Å²) in [4.78, 5) is 14.6. The van der Waals surface area contributed by atoms with E-state index in [9.17, 15) is 18.5 Å². The first-order valence-corrected chi connectivity index (χ1v) is 9.57. The van der Waals surface area contributed by atoms with E-state index < -0.39 is 9.84 Å². The standard InChI is InChI=1S/C17H21N3O5S/c1-3-25-17(21)20-10-8-19(9-11-20)13-16(12-18)26(22,23)15-6-4-14(24-2)5-7-15/h4-7,13H,3,8-11H2,1-2H3. The van der Waals surface area contributed by atoms with E-state index >= 15 is 0 Å². The Morgan fingerprint density at radius 2 is 1.85 bits per heavy atom. The number of nitrogens with zero attached hydrogens (tertiary/aromatic N) is 3. The van der Waals surface area contributed by atoms with E-state index in [1.165, 1.54) is 37.6 Å². The Balaban J connectivity index is 2.12. The Morgan fingerprint density at radius 1 is 1.23 bits per heavy atom. The minimum absolute atomic E-state index is 0.0243. The van der Waals surface area contributed by atoms with Crippen molar-refractivity contribution in [1.29, 1.82) is 5.26 Å². The van der Waals surface area contributed by atoms with Gasteiger partial charge in [0.2, 0.25) is 9.84 Å². The van der Waals surface area contributed by atoms with Gasteiger partial charge in [-0.2, -0.15) is 5.26 Å². The SMILES string of the molecule is CCOC(=O)N1CCN(C=C(C#N)S(=O)(=O)c2ccc(OC)cc2)CC1. The van der Waals surface area contributed by atoms with Gasteiger partial charge < -0.3 is 19.3 Å². The second kappa shape index (κ2) is 8.58. The van der Waals surface area contributed by atoms with Crippen LogP contribution in [0.2, 0.25) is 0 Å². The smallest absolute Gasteiger partial charge is 0.409 e. The molecule has 1 saturated heterocycles. The zero-order valence-corrected chi connectivity index (χ0v) is 15.5.